The topological polar surface area (TPSA) is 58.6 Å². The molecule has 0 aliphatic carbocycles. The maximum atomic E-state index is 10.9. The van der Waals surface area contributed by atoms with Gasteiger partial charge in [-0.15, -0.1) is 0 Å². The quantitative estimate of drug-likeness (QED) is 0.808. The summed E-state index contributed by atoms with van der Waals surface area (Å²) in [5, 5.41) is 12.3. The number of hydrogen-bond donors (Lipinski definition) is 2. The lowest BCUT2D eigenvalue weighted by atomic mass is 10.1. The number of carbonyl (C=O) groups is 1. The molecular weight excluding hydrogens is 278 g/mol. The minimum atomic E-state index is -0.905. The number of ether oxygens (including phenoxy) is 1. The predicted octanol–water partition coefficient (Wildman–Crippen LogP) is 4.09. The summed E-state index contributed by atoms with van der Waals surface area (Å²) in [5.41, 5.74) is 3.31. The molecule has 0 aliphatic heterocycles. The third-order valence-electron chi connectivity index (χ3n) is 3.35. The monoisotopic (exact) mass is 299 g/mol. The van der Waals surface area contributed by atoms with E-state index in [9.17, 15) is 4.79 Å². The molecule has 2 N–H and O–H groups in total. The van der Waals surface area contributed by atoms with Crippen LogP contribution in [-0.4, -0.2) is 17.7 Å². The molecule has 0 bridgehead atoms. The zero-order valence-corrected chi connectivity index (χ0v) is 12.9. The Labute approximate surface area is 130 Å². The highest BCUT2D eigenvalue weighted by Gasteiger charge is 2.05. The van der Waals surface area contributed by atoms with Gasteiger partial charge in [-0.05, 0) is 54.8 Å². The Balaban J connectivity index is 1.96. The van der Waals surface area contributed by atoms with Gasteiger partial charge in [-0.1, -0.05) is 19.1 Å². The highest BCUT2D eigenvalue weighted by atomic mass is 16.5. The molecule has 22 heavy (non-hydrogen) atoms. The standard InChI is InChI=1S/C18H21NO3/c1-3-10-22-16-7-4-14(5-8-16)12-19-17-9-6-15(18(20)21)11-13(17)2/h4-9,11,19H,3,10,12H2,1-2H3,(H,20,21). The van der Waals surface area contributed by atoms with Crippen LogP contribution in [0.5, 0.6) is 5.75 Å². The van der Waals surface area contributed by atoms with Crippen molar-refractivity contribution in [1.29, 1.82) is 0 Å². The van der Waals surface area contributed by atoms with Crippen molar-refractivity contribution in [3.05, 3.63) is 59.2 Å². The zero-order valence-electron chi connectivity index (χ0n) is 12.9. The number of carboxylic acid groups (broad SMARTS) is 1. The van der Waals surface area contributed by atoms with Gasteiger partial charge in [0.05, 0.1) is 12.2 Å². The second kappa shape index (κ2) is 7.50. The lowest BCUT2D eigenvalue weighted by molar-refractivity contribution is 0.0697. The van der Waals surface area contributed by atoms with E-state index in [1.165, 1.54) is 0 Å². The highest BCUT2D eigenvalue weighted by molar-refractivity contribution is 5.88. The lowest BCUT2D eigenvalue weighted by Gasteiger charge is -2.11. The molecule has 0 atom stereocenters. The zero-order chi connectivity index (χ0) is 15.9. The molecule has 0 unspecified atom stereocenters. The van der Waals surface area contributed by atoms with Gasteiger partial charge in [0, 0.05) is 12.2 Å². The van der Waals surface area contributed by atoms with E-state index in [4.69, 9.17) is 9.84 Å². The van der Waals surface area contributed by atoms with E-state index in [1.807, 2.05) is 31.2 Å². The molecule has 0 radical (unpaired) electrons. The van der Waals surface area contributed by atoms with Gasteiger partial charge in [0.15, 0.2) is 0 Å². The van der Waals surface area contributed by atoms with Crippen molar-refractivity contribution in [3.8, 4) is 5.75 Å². The molecule has 116 valence electrons. The average Bonchev–Trinajstić information content (AvgIpc) is 2.52. The summed E-state index contributed by atoms with van der Waals surface area (Å²) in [6, 6.07) is 13.1. The fourth-order valence-electron chi connectivity index (χ4n) is 2.12. The summed E-state index contributed by atoms with van der Waals surface area (Å²) in [6.45, 7) is 5.39. The number of nitrogens with one attached hydrogen (secondary N) is 1. The van der Waals surface area contributed by atoms with Crippen molar-refractivity contribution in [2.45, 2.75) is 26.8 Å². The molecule has 0 aliphatic rings. The minimum absolute atomic E-state index is 0.306. The predicted molar refractivity (Wildman–Crippen MR) is 87.7 cm³/mol. The maximum absolute atomic E-state index is 10.9. The summed E-state index contributed by atoms with van der Waals surface area (Å²) in [6.07, 6.45) is 0.995. The molecule has 0 aromatic heterocycles. The van der Waals surface area contributed by atoms with Crippen LogP contribution < -0.4 is 10.1 Å². The van der Waals surface area contributed by atoms with Crippen LogP contribution in [0, 0.1) is 6.92 Å². The first-order valence-corrected chi connectivity index (χ1v) is 7.39. The summed E-state index contributed by atoms with van der Waals surface area (Å²) < 4.78 is 5.55. The van der Waals surface area contributed by atoms with Crippen molar-refractivity contribution in [2.24, 2.45) is 0 Å². The van der Waals surface area contributed by atoms with Gasteiger partial charge in [0.1, 0.15) is 5.75 Å². The van der Waals surface area contributed by atoms with E-state index >= 15 is 0 Å². The smallest absolute Gasteiger partial charge is 0.335 e. The van der Waals surface area contributed by atoms with E-state index < -0.39 is 5.97 Å². The van der Waals surface area contributed by atoms with Crippen LogP contribution in [0.4, 0.5) is 5.69 Å². The number of anilines is 1. The Hall–Kier alpha value is -2.49. The number of benzene rings is 2. The third kappa shape index (κ3) is 4.25. The average molecular weight is 299 g/mol. The van der Waals surface area contributed by atoms with Crippen molar-refractivity contribution >= 4 is 11.7 Å². The molecule has 4 heteroatoms. The molecule has 0 spiro atoms. The first-order valence-electron chi connectivity index (χ1n) is 7.39. The van der Waals surface area contributed by atoms with E-state index in [0.29, 0.717) is 12.1 Å². The first-order chi connectivity index (χ1) is 10.6. The second-order valence-electron chi connectivity index (χ2n) is 5.18. The van der Waals surface area contributed by atoms with Crippen LogP contribution in [0.3, 0.4) is 0 Å². The van der Waals surface area contributed by atoms with Crippen LogP contribution >= 0.6 is 0 Å². The molecule has 2 rings (SSSR count). The van der Waals surface area contributed by atoms with Crippen molar-refractivity contribution in [1.82, 2.24) is 0 Å². The van der Waals surface area contributed by atoms with E-state index in [2.05, 4.69) is 12.2 Å². The van der Waals surface area contributed by atoms with E-state index in [-0.39, 0.29) is 0 Å². The largest absolute Gasteiger partial charge is 0.494 e. The summed E-state index contributed by atoms with van der Waals surface area (Å²) in [7, 11) is 0. The Morgan fingerprint density at radius 3 is 2.50 bits per heavy atom. The Kier molecular flexibility index (Phi) is 5.42. The van der Waals surface area contributed by atoms with Crippen molar-refractivity contribution in [3.63, 3.8) is 0 Å². The SMILES string of the molecule is CCCOc1ccc(CNc2ccc(C(=O)O)cc2C)cc1. The number of carboxylic acids is 1. The van der Waals surface area contributed by atoms with Gasteiger partial charge in [0.25, 0.3) is 0 Å². The van der Waals surface area contributed by atoms with Gasteiger partial charge in [-0.2, -0.15) is 0 Å². The van der Waals surface area contributed by atoms with E-state index in [1.54, 1.807) is 18.2 Å². The third-order valence-corrected chi connectivity index (χ3v) is 3.35. The fourth-order valence-corrected chi connectivity index (χ4v) is 2.12. The Morgan fingerprint density at radius 2 is 1.91 bits per heavy atom. The molecule has 0 fully saturated rings. The molecule has 0 saturated carbocycles. The second-order valence-corrected chi connectivity index (χ2v) is 5.18. The fraction of sp³-hybridized carbons (Fsp3) is 0.278. The van der Waals surface area contributed by atoms with Gasteiger partial charge in [0.2, 0.25) is 0 Å². The van der Waals surface area contributed by atoms with Crippen LogP contribution in [0.2, 0.25) is 0 Å². The minimum Gasteiger partial charge on any atom is -0.494 e. The van der Waals surface area contributed by atoms with Gasteiger partial charge in [-0.3, -0.25) is 0 Å². The highest BCUT2D eigenvalue weighted by Crippen LogP contribution is 2.18. The molecule has 2 aromatic rings. The molecule has 0 amide bonds. The lowest BCUT2D eigenvalue weighted by Crippen LogP contribution is -2.03. The maximum Gasteiger partial charge on any atom is 0.335 e. The Bertz CT molecular complexity index is 635. The molecule has 2 aromatic carbocycles. The van der Waals surface area contributed by atoms with Crippen molar-refractivity contribution < 1.29 is 14.6 Å². The van der Waals surface area contributed by atoms with E-state index in [0.717, 1.165) is 35.6 Å². The van der Waals surface area contributed by atoms with Crippen LogP contribution in [0.25, 0.3) is 0 Å². The number of hydrogen-bond acceptors (Lipinski definition) is 3. The first kappa shape index (κ1) is 15.9. The molecule has 0 saturated heterocycles. The number of rotatable bonds is 7. The van der Waals surface area contributed by atoms with Gasteiger partial charge >= 0.3 is 5.97 Å². The normalized spacial score (nSPS) is 10.3. The summed E-state index contributed by atoms with van der Waals surface area (Å²) in [4.78, 5) is 10.9. The summed E-state index contributed by atoms with van der Waals surface area (Å²) in [5.74, 6) is -0.0232. The molecular formula is C18H21NO3. The van der Waals surface area contributed by atoms with Gasteiger partial charge in [-0.25, -0.2) is 4.79 Å². The number of aromatic carboxylic acids is 1. The number of aryl methyl sites for hydroxylation is 1. The van der Waals surface area contributed by atoms with Gasteiger partial charge < -0.3 is 15.2 Å². The molecule has 4 nitrogen and oxygen atoms in total. The Morgan fingerprint density at radius 1 is 1.18 bits per heavy atom. The van der Waals surface area contributed by atoms with Crippen LogP contribution in [-0.2, 0) is 6.54 Å². The van der Waals surface area contributed by atoms with Crippen LogP contribution in [0.1, 0.15) is 34.8 Å². The molecule has 0 heterocycles. The van der Waals surface area contributed by atoms with Crippen LogP contribution in [0.15, 0.2) is 42.5 Å². The van der Waals surface area contributed by atoms with Crippen molar-refractivity contribution in [2.75, 3.05) is 11.9 Å². The summed E-state index contributed by atoms with van der Waals surface area (Å²) >= 11 is 0.